The van der Waals surface area contributed by atoms with Gasteiger partial charge in [0.1, 0.15) is 10.8 Å². The van der Waals surface area contributed by atoms with Gasteiger partial charge in [0.05, 0.1) is 18.6 Å². The number of nitrogens with zero attached hydrogens (tertiary/aromatic N) is 2. The molecule has 6 heteroatoms. The molecule has 1 N–H and O–H groups in total. The molecule has 0 fully saturated rings. The van der Waals surface area contributed by atoms with Crippen molar-refractivity contribution in [2.45, 2.75) is 31.2 Å². The molecule has 0 atom stereocenters. The SMILES string of the molecule is CCCCc1ccc(NC(=O)CSc2ccc(-c3cccc(OC)c3)nn2)cc1. The Morgan fingerprint density at radius 1 is 1.07 bits per heavy atom. The number of nitrogens with one attached hydrogen (secondary N) is 1. The maximum atomic E-state index is 12.2. The number of hydrogen-bond acceptors (Lipinski definition) is 5. The summed E-state index contributed by atoms with van der Waals surface area (Å²) in [6.45, 7) is 2.18. The van der Waals surface area contributed by atoms with E-state index in [2.05, 4.69) is 34.6 Å². The molecule has 1 heterocycles. The summed E-state index contributed by atoms with van der Waals surface area (Å²) in [6, 6.07) is 19.5. The minimum Gasteiger partial charge on any atom is -0.497 e. The summed E-state index contributed by atoms with van der Waals surface area (Å²) in [5, 5.41) is 12.1. The minimum atomic E-state index is -0.0602. The number of rotatable bonds is 9. The van der Waals surface area contributed by atoms with Gasteiger partial charge in [-0.25, -0.2) is 0 Å². The van der Waals surface area contributed by atoms with Gasteiger partial charge in [0.15, 0.2) is 0 Å². The van der Waals surface area contributed by atoms with Gasteiger partial charge in [-0.15, -0.1) is 10.2 Å². The minimum absolute atomic E-state index is 0.0602. The van der Waals surface area contributed by atoms with E-state index in [0.29, 0.717) is 5.03 Å². The molecule has 0 radical (unpaired) electrons. The van der Waals surface area contributed by atoms with Crippen LogP contribution in [0.3, 0.4) is 0 Å². The number of anilines is 1. The summed E-state index contributed by atoms with van der Waals surface area (Å²) in [5.74, 6) is 0.998. The molecular weight excluding hydrogens is 382 g/mol. The van der Waals surface area contributed by atoms with Crippen molar-refractivity contribution in [3.05, 3.63) is 66.2 Å². The molecule has 150 valence electrons. The molecule has 0 aliphatic heterocycles. The van der Waals surface area contributed by atoms with Crippen LogP contribution in [-0.2, 0) is 11.2 Å². The van der Waals surface area contributed by atoms with E-state index in [9.17, 15) is 4.79 Å². The second kappa shape index (κ2) is 10.6. The van der Waals surface area contributed by atoms with Crippen LogP contribution < -0.4 is 10.1 Å². The number of methoxy groups -OCH3 is 1. The van der Waals surface area contributed by atoms with Crippen LogP contribution in [0.2, 0.25) is 0 Å². The average molecular weight is 408 g/mol. The summed E-state index contributed by atoms with van der Waals surface area (Å²) in [5.41, 5.74) is 3.82. The van der Waals surface area contributed by atoms with E-state index in [1.54, 1.807) is 7.11 Å². The van der Waals surface area contributed by atoms with E-state index in [0.717, 1.165) is 29.1 Å². The molecule has 0 bridgehead atoms. The fraction of sp³-hybridized carbons (Fsp3) is 0.261. The monoisotopic (exact) mass is 407 g/mol. The van der Waals surface area contributed by atoms with Crippen LogP contribution in [0.15, 0.2) is 65.7 Å². The maximum absolute atomic E-state index is 12.2. The highest BCUT2D eigenvalue weighted by molar-refractivity contribution is 7.99. The summed E-state index contributed by atoms with van der Waals surface area (Å²) < 4.78 is 5.24. The molecule has 29 heavy (non-hydrogen) atoms. The largest absolute Gasteiger partial charge is 0.497 e. The molecule has 5 nitrogen and oxygen atoms in total. The van der Waals surface area contributed by atoms with Crippen molar-refractivity contribution in [3.63, 3.8) is 0 Å². The molecule has 1 amide bonds. The summed E-state index contributed by atoms with van der Waals surface area (Å²) in [7, 11) is 1.64. The van der Waals surface area contributed by atoms with Crippen molar-refractivity contribution in [2.75, 3.05) is 18.2 Å². The first-order valence-corrected chi connectivity index (χ1v) is 10.7. The van der Waals surface area contributed by atoms with Crippen LogP contribution in [0, 0.1) is 0 Å². The smallest absolute Gasteiger partial charge is 0.234 e. The van der Waals surface area contributed by atoms with Gasteiger partial charge in [-0.2, -0.15) is 0 Å². The second-order valence-electron chi connectivity index (χ2n) is 6.63. The first-order valence-electron chi connectivity index (χ1n) is 9.67. The quantitative estimate of drug-likeness (QED) is 0.492. The molecular formula is C23H25N3O2S. The van der Waals surface area contributed by atoms with Gasteiger partial charge in [0.25, 0.3) is 0 Å². The lowest BCUT2D eigenvalue weighted by atomic mass is 10.1. The third-order valence-electron chi connectivity index (χ3n) is 4.41. The molecule has 2 aromatic carbocycles. The Morgan fingerprint density at radius 2 is 1.90 bits per heavy atom. The molecule has 0 unspecified atom stereocenters. The predicted octanol–water partition coefficient (Wildman–Crippen LogP) is 5.23. The Morgan fingerprint density at radius 3 is 2.59 bits per heavy atom. The molecule has 0 aliphatic carbocycles. The lowest BCUT2D eigenvalue weighted by Gasteiger charge is -2.07. The van der Waals surface area contributed by atoms with Gasteiger partial charge in [-0.3, -0.25) is 4.79 Å². The topological polar surface area (TPSA) is 64.1 Å². The van der Waals surface area contributed by atoms with Crippen LogP contribution >= 0.6 is 11.8 Å². The summed E-state index contributed by atoms with van der Waals surface area (Å²) in [4.78, 5) is 12.2. The average Bonchev–Trinajstić information content (AvgIpc) is 2.77. The number of amides is 1. The molecule has 0 aliphatic rings. The van der Waals surface area contributed by atoms with Gasteiger partial charge in [-0.1, -0.05) is 49.4 Å². The molecule has 3 aromatic rings. The van der Waals surface area contributed by atoms with Gasteiger partial charge >= 0.3 is 0 Å². The molecule has 0 spiro atoms. The number of aryl methyl sites for hydroxylation is 1. The van der Waals surface area contributed by atoms with E-state index in [-0.39, 0.29) is 11.7 Å². The third-order valence-corrected chi connectivity index (χ3v) is 5.33. The first kappa shape index (κ1) is 20.9. The van der Waals surface area contributed by atoms with Crippen LogP contribution in [0.1, 0.15) is 25.3 Å². The zero-order valence-corrected chi connectivity index (χ0v) is 17.5. The predicted molar refractivity (Wildman–Crippen MR) is 118 cm³/mol. The van der Waals surface area contributed by atoms with Crippen molar-refractivity contribution in [1.29, 1.82) is 0 Å². The number of aromatic nitrogens is 2. The standard InChI is InChI=1S/C23H25N3O2S/c1-3-4-6-17-9-11-19(12-10-17)24-22(27)16-29-23-14-13-21(25-26-23)18-7-5-8-20(15-18)28-2/h5,7-15H,3-4,6,16H2,1-2H3,(H,24,27). The number of carbonyl (C=O) groups is 1. The number of unbranched alkanes of at least 4 members (excludes halogenated alkanes) is 1. The molecule has 0 saturated carbocycles. The van der Waals surface area contributed by atoms with Gasteiger partial charge in [0.2, 0.25) is 5.91 Å². The van der Waals surface area contributed by atoms with E-state index in [1.807, 2.05) is 48.5 Å². The maximum Gasteiger partial charge on any atom is 0.234 e. The molecule has 0 saturated heterocycles. The Balaban J connectivity index is 1.51. The van der Waals surface area contributed by atoms with Crippen molar-refractivity contribution in [2.24, 2.45) is 0 Å². The second-order valence-corrected chi connectivity index (χ2v) is 7.62. The van der Waals surface area contributed by atoms with E-state index >= 15 is 0 Å². The van der Waals surface area contributed by atoms with Crippen LogP contribution in [0.4, 0.5) is 5.69 Å². The molecule has 3 rings (SSSR count). The Hall–Kier alpha value is -2.86. The highest BCUT2D eigenvalue weighted by Gasteiger charge is 2.07. The van der Waals surface area contributed by atoms with Crippen molar-refractivity contribution < 1.29 is 9.53 Å². The number of ether oxygens (including phenoxy) is 1. The van der Waals surface area contributed by atoms with Crippen molar-refractivity contribution in [3.8, 4) is 17.0 Å². The Kier molecular flexibility index (Phi) is 7.64. The normalized spacial score (nSPS) is 10.6. The highest BCUT2D eigenvalue weighted by atomic mass is 32.2. The van der Waals surface area contributed by atoms with Gasteiger partial charge in [-0.05, 0) is 54.8 Å². The number of benzene rings is 2. The Labute approximate surface area is 175 Å². The van der Waals surface area contributed by atoms with Gasteiger partial charge in [0, 0.05) is 11.3 Å². The lowest BCUT2D eigenvalue weighted by Crippen LogP contribution is -2.14. The van der Waals surface area contributed by atoms with Crippen molar-refractivity contribution in [1.82, 2.24) is 10.2 Å². The van der Waals surface area contributed by atoms with E-state index < -0.39 is 0 Å². The zero-order chi connectivity index (χ0) is 20.5. The summed E-state index contributed by atoms with van der Waals surface area (Å²) >= 11 is 1.36. The first-order chi connectivity index (χ1) is 14.2. The number of carbonyl (C=O) groups excluding carboxylic acids is 1. The fourth-order valence-electron chi connectivity index (χ4n) is 2.81. The van der Waals surface area contributed by atoms with Crippen molar-refractivity contribution >= 4 is 23.4 Å². The zero-order valence-electron chi connectivity index (χ0n) is 16.7. The lowest BCUT2D eigenvalue weighted by molar-refractivity contribution is -0.113. The summed E-state index contributed by atoms with van der Waals surface area (Å²) in [6.07, 6.45) is 3.43. The van der Waals surface area contributed by atoms with Crippen LogP contribution in [0.25, 0.3) is 11.3 Å². The van der Waals surface area contributed by atoms with Crippen LogP contribution in [0.5, 0.6) is 5.75 Å². The highest BCUT2D eigenvalue weighted by Crippen LogP contribution is 2.23. The van der Waals surface area contributed by atoms with E-state index in [1.165, 1.54) is 30.2 Å². The molecule has 1 aromatic heterocycles. The number of hydrogen-bond donors (Lipinski definition) is 1. The van der Waals surface area contributed by atoms with E-state index in [4.69, 9.17) is 4.74 Å². The van der Waals surface area contributed by atoms with Gasteiger partial charge < -0.3 is 10.1 Å². The Bertz CT molecular complexity index is 928. The van der Waals surface area contributed by atoms with Crippen LogP contribution in [-0.4, -0.2) is 29.0 Å². The fourth-order valence-corrected chi connectivity index (χ4v) is 3.42. The third kappa shape index (κ3) is 6.32. The number of thioether (sulfide) groups is 1.